The van der Waals surface area contributed by atoms with E-state index in [4.69, 9.17) is 0 Å². The van der Waals surface area contributed by atoms with Crippen LogP contribution in [0.25, 0.3) is 0 Å². The maximum absolute atomic E-state index is 11.3. The van der Waals surface area contributed by atoms with Gasteiger partial charge in [0.1, 0.15) is 0 Å². The molecule has 0 saturated heterocycles. The molecule has 0 rings (SSSR count). The van der Waals surface area contributed by atoms with Crippen LogP contribution in [0.1, 0.15) is 46.5 Å². The van der Waals surface area contributed by atoms with E-state index in [1.165, 1.54) is 11.1 Å². The van der Waals surface area contributed by atoms with Crippen LogP contribution in [0, 0.1) is 0 Å². The number of carbonyl (C=O) groups is 1. The molecule has 0 bridgehead atoms. The summed E-state index contributed by atoms with van der Waals surface area (Å²) in [5.74, 6) is 0.182. The molecular weight excluding hydrogens is 208 g/mol. The fraction of sp³-hybridized carbons (Fsp3) is 0.438. The Kier molecular flexibility index (Phi) is 9.04. The number of carbonyl (C=O) groups excluding carboxylic acids is 1. The van der Waals surface area contributed by atoms with Gasteiger partial charge in [0.15, 0.2) is 5.78 Å². The molecule has 0 aromatic carbocycles. The van der Waals surface area contributed by atoms with E-state index in [1.807, 2.05) is 6.08 Å². The first-order chi connectivity index (χ1) is 8.06. The molecule has 0 aliphatic rings. The molecule has 0 aliphatic carbocycles. The van der Waals surface area contributed by atoms with Gasteiger partial charge in [0, 0.05) is 6.42 Å². The molecule has 0 N–H and O–H groups in total. The van der Waals surface area contributed by atoms with Gasteiger partial charge in [-0.05, 0) is 46.1 Å². The minimum atomic E-state index is 0.182. The summed E-state index contributed by atoms with van der Waals surface area (Å²) in [5, 5.41) is 0. The Morgan fingerprint density at radius 1 is 1.18 bits per heavy atom. The zero-order chi connectivity index (χ0) is 13.1. The molecule has 94 valence electrons. The standard InChI is InChI=1S/C16H24O/c1-5-6-12-16(17)13-8-11-15(4)10-7-9-14(2)3/h5,8-10,13H,1,6-7,11-12H2,2-4H3. The van der Waals surface area contributed by atoms with Crippen molar-refractivity contribution in [3.63, 3.8) is 0 Å². The summed E-state index contributed by atoms with van der Waals surface area (Å²) in [7, 11) is 0. The van der Waals surface area contributed by atoms with Gasteiger partial charge in [0.2, 0.25) is 0 Å². The second-order valence-electron chi connectivity index (χ2n) is 4.47. The number of rotatable bonds is 8. The van der Waals surface area contributed by atoms with Gasteiger partial charge in [-0.25, -0.2) is 0 Å². The number of ketones is 1. The molecule has 0 radical (unpaired) electrons. The Balaban J connectivity index is 3.93. The molecule has 0 aromatic rings. The second-order valence-corrected chi connectivity index (χ2v) is 4.47. The first kappa shape index (κ1) is 15.6. The fourth-order valence-electron chi connectivity index (χ4n) is 1.28. The molecule has 1 nitrogen and oxygen atoms in total. The van der Waals surface area contributed by atoms with Crippen molar-refractivity contribution in [3.05, 3.63) is 48.1 Å². The van der Waals surface area contributed by atoms with Crippen molar-refractivity contribution in [2.75, 3.05) is 0 Å². The Labute approximate surface area is 106 Å². The van der Waals surface area contributed by atoms with E-state index in [2.05, 4.69) is 39.5 Å². The first-order valence-corrected chi connectivity index (χ1v) is 6.15. The lowest BCUT2D eigenvalue weighted by atomic mass is 10.1. The first-order valence-electron chi connectivity index (χ1n) is 6.15. The van der Waals surface area contributed by atoms with Gasteiger partial charge in [-0.15, -0.1) is 6.58 Å². The molecule has 0 heterocycles. The summed E-state index contributed by atoms with van der Waals surface area (Å²) >= 11 is 0. The molecule has 0 amide bonds. The van der Waals surface area contributed by atoms with Crippen molar-refractivity contribution in [1.82, 2.24) is 0 Å². The van der Waals surface area contributed by atoms with Crippen LogP contribution in [0.4, 0.5) is 0 Å². The monoisotopic (exact) mass is 232 g/mol. The summed E-state index contributed by atoms with van der Waals surface area (Å²) in [5.41, 5.74) is 2.64. The van der Waals surface area contributed by atoms with E-state index in [-0.39, 0.29) is 5.78 Å². The molecule has 0 aromatic heterocycles. The van der Waals surface area contributed by atoms with Crippen LogP contribution >= 0.6 is 0 Å². The Morgan fingerprint density at radius 3 is 2.47 bits per heavy atom. The van der Waals surface area contributed by atoms with E-state index >= 15 is 0 Å². The van der Waals surface area contributed by atoms with Gasteiger partial charge in [-0.3, -0.25) is 4.79 Å². The van der Waals surface area contributed by atoms with Crippen LogP contribution in [-0.2, 0) is 4.79 Å². The molecule has 1 heteroatoms. The van der Waals surface area contributed by atoms with Crippen molar-refractivity contribution in [1.29, 1.82) is 0 Å². The molecule has 0 unspecified atom stereocenters. The molecule has 0 saturated carbocycles. The summed E-state index contributed by atoms with van der Waals surface area (Å²) in [6, 6.07) is 0. The summed E-state index contributed by atoms with van der Waals surface area (Å²) in [4.78, 5) is 11.3. The maximum atomic E-state index is 11.3. The van der Waals surface area contributed by atoms with Gasteiger partial charge in [0.05, 0.1) is 0 Å². The average molecular weight is 232 g/mol. The molecular formula is C16H24O. The lowest BCUT2D eigenvalue weighted by Gasteiger charge is -1.95. The fourth-order valence-corrected chi connectivity index (χ4v) is 1.28. The lowest BCUT2D eigenvalue weighted by molar-refractivity contribution is -0.114. The highest BCUT2D eigenvalue weighted by Gasteiger charge is 1.93. The zero-order valence-electron chi connectivity index (χ0n) is 11.3. The van der Waals surface area contributed by atoms with Gasteiger partial charge in [-0.2, -0.15) is 0 Å². The van der Waals surface area contributed by atoms with E-state index in [1.54, 1.807) is 12.2 Å². The third-order valence-corrected chi connectivity index (χ3v) is 2.33. The number of allylic oxidation sites excluding steroid dienone is 7. The van der Waals surface area contributed by atoms with Crippen LogP contribution in [0.15, 0.2) is 48.1 Å². The van der Waals surface area contributed by atoms with Gasteiger partial charge in [0.25, 0.3) is 0 Å². The van der Waals surface area contributed by atoms with E-state index in [0.29, 0.717) is 6.42 Å². The normalized spacial score (nSPS) is 11.6. The summed E-state index contributed by atoms with van der Waals surface area (Å²) in [6.45, 7) is 9.89. The van der Waals surface area contributed by atoms with Gasteiger partial charge >= 0.3 is 0 Å². The van der Waals surface area contributed by atoms with Crippen LogP contribution in [0.2, 0.25) is 0 Å². The minimum Gasteiger partial charge on any atom is -0.295 e. The second kappa shape index (κ2) is 9.83. The van der Waals surface area contributed by atoms with Crippen molar-refractivity contribution in [3.8, 4) is 0 Å². The topological polar surface area (TPSA) is 17.1 Å². The van der Waals surface area contributed by atoms with Crippen molar-refractivity contribution < 1.29 is 4.79 Å². The largest absolute Gasteiger partial charge is 0.295 e. The quantitative estimate of drug-likeness (QED) is 0.435. The maximum Gasteiger partial charge on any atom is 0.155 e. The molecule has 0 fully saturated rings. The van der Waals surface area contributed by atoms with E-state index in [9.17, 15) is 4.79 Å². The van der Waals surface area contributed by atoms with Crippen LogP contribution in [0.3, 0.4) is 0 Å². The van der Waals surface area contributed by atoms with Crippen molar-refractivity contribution >= 4 is 5.78 Å². The minimum absolute atomic E-state index is 0.182. The summed E-state index contributed by atoms with van der Waals surface area (Å²) in [6.07, 6.45) is 13.0. The summed E-state index contributed by atoms with van der Waals surface area (Å²) < 4.78 is 0. The molecule has 0 aliphatic heterocycles. The molecule has 17 heavy (non-hydrogen) atoms. The van der Waals surface area contributed by atoms with Crippen molar-refractivity contribution in [2.24, 2.45) is 0 Å². The van der Waals surface area contributed by atoms with Crippen molar-refractivity contribution in [2.45, 2.75) is 46.5 Å². The third-order valence-electron chi connectivity index (χ3n) is 2.33. The van der Waals surface area contributed by atoms with E-state index in [0.717, 1.165) is 19.3 Å². The highest BCUT2D eigenvalue weighted by Crippen LogP contribution is 2.05. The predicted octanol–water partition coefficient (Wildman–Crippen LogP) is 4.77. The smallest absolute Gasteiger partial charge is 0.155 e. The highest BCUT2D eigenvalue weighted by atomic mass is 16.1. The van der Waals surface area contributed by atoms with Gasteiger partial charge in [-0.1, -0.05) is 35.5 Å². The predicted molar refractivity (Wildman–Crippen MR) is 76.0 cm³/mol. The van der Waals surface area contributed by atoms with Gasteiger partial charge < -0.3 is 0 Å². The third kappa shape index (κ3) is 10.9. The van der Waals surface area contributed by atoms with E-state index < -0.39 is 0 Å². The molecule has 0 spiro atoms. The highest BCUT2D eigenvalue weighted by molar-refractivity contribution is 5.89. The van der Waals surface area contributed by atoms with Crippen LogP contribution in [-0.4, -0.2) is 5.78 Å². The SMILES string of the molecule is C=CCCC(=O)C=CCC(C)=CCC=C(C)C. The van der Waals surface area contributed by atoms with Crippen LogP contribution in [0.5, 0.6) is 0 Å². The number of hydrogen-bond donors (Lipinski definition) is 0. The Hall–Kier alpha value is -1.37. The Bertz CT molecular complexity index is 325. The van der Waals surface area contributed by atoms with Crippen LogP contribution < -0.4 is 0 Å². The Morgan fingerprint density at radius 2 is 1.88 bits per heavy atom. The molecule has 0 atom stereocenters. The average Bonchev–Trinajstić information content (AvgIpc) is 2.25. The lowest BCUT2D eigenvalue weighted by Crippen LogP contribution is -1.90. The zero-order valence-corrected chi connectivity index (χ0v) is 11.3. The number of hydrogen-bond acceptors (Lipinski definition) is 1.